The van der Waals surface area contributed by atoms with Gasteiger partial charge in [0.25, 0.3) is 15.9 Å². The third-order valence-electron chi connectivity index (χ3n) is 5.22. The molecule has 1 aromatic carbocycles. The number of aromatic nitrogens is 2. The second kappa shape index (κ2) is 5.70. The van der Waals surface area contributed by atoms with Gasteiger partial charge < -0.3 is 20.6 Å². The molecule has 2 aliphatic heterocycles. The van der Waals surface area contributed by atoms with Crippen molar-refractivity contribution >= 4 is 44.4 Å². The molecule has 11 heteroatoms. The summed E-state index contributed by atoms with van der Waals surface area (Å²) in [6.45, 7) is 0.000884. The molecular weight excluding hydrogens is 398 g/mol. The van der Waals surface area contributed by atoms with Crippen LogP contribution in [0.1, 0.15) is 0 Å². The zero-order valence-electron chi connectivity index (χ0n) is 14.9. The Morgan fingerprint density at radius 1 is 1.17 bits per heavy atom. The molecule has 0 radical (unpaired) electrons. The quantitative estimate of drug-likeness (QED) is 0.578. The molecule has 1 fully saturated rings. The normalized spacial score (nSPS) is 17.4. The van der Waals surface area contributed by atoms with Crippen LogP contribution in [-0.4, -0.2) is 58.0 Å². The number of carboxylic acid groups (broad SMARTS) is 1. The predicted molar refractivity (Wildman–Crippen MR) is 103 cm³/mol. The number of rotatable bonds is 2. The average Bonchev–Trinajstić information content (AvgIpc) is 3.11. The van der Waals surface area contributed by atoms with Crippen LogP contribution >= 0.6 is 0 Å². The fraction of sp³-hybridized carbons (Fsp3) is 0.167. The van der Waals surface area contributed by atoms with E-state index in [9.17, 15) is 18.0 Å². The minimum absolute atomic E-state index is 0.000442. The molecule has 0 aliphatic carbocycles. The summed E-state index contributed by atoms with van der Waals surface area (Å²) in [4.78, 5) is 29.1. The Labute approximate surface area is 164 Å². The van der Waals surface area contributed by atoms with Gasteiger partial charge in [0.05, 0.1) is 35.6 Å². The van der Waals surface area contributed by atoms with E-state index < -0.39 is 21.7 Å². The summed E-state index contributed by atoms with van der Waals surface area (Å²) in [7, 11) is -3.85. The van der Waals surface area contributed by atoms with Crippen LogP contribution < -0.4 is 10.6 Å². The standard InChI is InChI=1S/C18H15N5O5S/c24-16-18(9-22(10-18)17(25)26)21-14-12-6-7-23(15(12)19-8-13(14)20-16)29(27,28)11-4-2-1-3-5-11/h1-8,21H,9-10H2,(H,20,24)(H,25,26). The van der Waals surface area contributed by atoms with E-state index in [0.717, 1.165) is 8.87 Å². The maximum absolute atomic E-state index is 13.0. The van der Waals surface area contributed by atoms with Gasteiger partial charge in [-0.1, -0.05) is 18.2 Å². The fourth-order valence-electron chi connectivity index (χ4n) is 3.69. The van der Waals surface area contributed by atoms with Crippen molar-refractivity contribution in [3.05, 3.63) is 48.8 Å². The van der Waals surface area contributed by atoms with Crippen LogP contribution in [0.3, 0.4) is 0 Å². The van der Waals surface area contributed by atoms with Gasteiger partial charge >= 0.3 is 6.09 Å². The van der Waals surface area contributed by atoms with Crippen LogP contribution in [0.4, 0.5) is 16.2 Å². The number of carbonyl (C=O) groups excluding carboxylic acids is 1. The number of pyridine rings is 1. The molecule has 0 unspecified atom stereocenters. The van der Waals surface area contributed by atoms with Crippen molar-refractivity contribution in [2.45, 2.75) is 10.4 Å². The Balaban J connectivity index is 1.60. The number of nitrogens with one attached hydrogen (secondary N) is 2. The lowest BCUT2D eigenvalue weighted by Crippen LogP contribution is -2.73. The lowest BCUT2D eigenvalue weighted by Gasteiger charge is -2.50. The molecule has 0 saturated carbocycles. The van der Waals surface area contributed by atoms with E-state index in [4.69, 9.17) is 5.11 Å². The Hall–Kier alpha value is -3.60. The number of benzene rings is 1. The molecule has 29 heavy (non-hydrogen) atoms. The van der Waals surface area contributed by atoms with Crippen molar-refractivity contribution in [1.29, 1.82) is 0 Å². The molecule has 0 atom stereocenters. The van der Waals surface area contributed by atoms with E-state index >= 15 is 0 Å². The first-order chi connectivity index (χ1) is 13.8. The Bertz CT molecular complexity index is 1280. The molecule has 2 amide bonds. The number of nitrogens with zero attached hydrogens (tertiary/aromatic N) is 3. The maximum atomic E-state index is 13.0. The topological polar surface area (TPSA) is 134 Å². The molecule has 5 rings (SSSR count). The predicted octanol–water partition coefficient (Wildman–Crippen LogP) is 1.37. The van der Waals surface area contributed by atoms with Crippen molar-refractivity contribution in [1.82, 2.24) is 13.9 Å². The lowest BCUT2D eigenvalue weighted by atomic mass is 9.86. The molecule has 4 heterocycles. The number of hydrogen-bond acceptors (Lipinski definition) is 6. The van der Waals surface area contributed by atoms with Crippen molar-refractivity contribution < 1.29 is 23.1 Å². The van der Waals surface area contributed by atoms with Crippen molar-refractivity contribution in [3.63, 3.8) is 0 Å². The number of likely N-dealkylation sites (tertiary alicyclic amines) is 1. The third kappa shape index (κ3) is 2.40. The molecule has 3 N–H and O–H groups in total. The lowest BCUT2D eigenvalue weighted by molar-refractivity contribution is -0.125. The summed E-state index contributed by atoms with van der Waals surface area (Å²) in [5, 5.41) is 15.5. The Morgan fingerprint density at radius 2 is 1.90 bits per heavy atom. The highest BCUT2D eigenvalue weighted by Gasteiger charge is 2.54. The molecule has 2 aromatic heterocycles. The fourth-order valence-corrected chi connectivity index (χ4v) is 5.02. The molecule has 10 nitrogen and oxygen atoms in total. The summed E-state index contributed by atoms with van der Waals surface area (Å²) in [5.74, 6) is -0.347. The summed E-state index contributed by atoms with van der Waals surface area (Å²) < 4.78 is 27.1. The number of hydrogen-bond donors (Lipinski definition) is 3. The first kappa shape index (κ1) is 17.5. The first-order valence-electron chi connectivity index (χ1n) is 8.70. The van der Waals surface area contributed by atoms with Gasteiger partial charge in [-0.3, -0.25) is 4.79 Å². The van der Waals surface area contributed by atoms with Gasteiger partial charge in [0, 0.05) is 11.6 Å². The van der Waals surface area contributed by atoms with Crippen molar-refractivity contribution in [2.24, 2.45) is 0 Å². The van der Waals surface area contributed by atoms with Gasteiger partial charge in [-0.15, -0.1) is 0 Å². The summed E-state index contributed by atoms with van der Waals surface area (Å²) in [5.41, 5.74) is 0.0549. The van der Waals surface area contributed by atoms with Crippen molar-refractivity contribution in [2.75, 3.05) is 23.7 Å². The van der Waals surface area contributed by atoms with Gasteiger partial charge in [-0.2, -0.15) is 0 Å². The highest BCUT2D eigenvalue weighted by atomic mass is 32.2. The second-order valence-corrected chi connectivity index (χ2v) is 8.83. The van der Waals surface area contributed by atoms with Gasteiger partial charge in [0.15, 0.2) is 11.2 Å². The SMILES string of the molecule is O=C(O)N1CC2(C1)Nc1c(cnc3c1ccn3S(=O)(=O)c1ccccc1)NC2=O. The minimum atomic E-state index is -3.85. The number of fused-ring (bicyclic) bond motifs is 3. The van der Waals surface area contributed by atoms with Gasteiger partial charge in [-0.25, -0.2) is 22.2 Å². The Morgan fingerprint density at radius 3 is 2.59 bits per heavy atom. The number of amides is 2. The van der Waals surface area contributed by atoms with Gasteiger partial charge in [0.1, 0.15) is 0 Å². The molecule has 1 saturated heterocycles. The summed E-state index contributed by atoms with van der Waals surface area (Å²) in [6.07, 6.45) is 1.70. The number of anilines is 2. The van der Waals surface area contributed by atoms with E-state index in [-0.39, 0.29) is 29.5 Å². The monoisotopic (exact) mass is 413 g/mol. The first-order valence-corrected chi connectivity index (χ1v) is 10.1. The molecule has 0 bridgehead atoms. The highest BCUT2D eigenvalue weighted by molar-refractivity contribution is 7.90. The molecule has 148 valence electrons. The molecular formula is C18H15N5O5S. The summed E-state index contributed by atoms with van der Waals surface area (Å²) in [6, 6.07) is 9.61. The average molecular weight is 413 g/mol. The second-order valence-electron chi connectivity index (χ2n) is 7.01. The zero-order valence-corrected chi connectivity index (χ0v) is 15.7. The summed E-state index contributed by atoms with van der Waals surface area (Å²) >= 11 is 0. The smallest absolute Gasteiger partial charge is 0.407 e. The Kier molecular flexibility index (Phi) is 3.44. The van der Waals surface area contributed by atoms with Crippen molar-refractivity contribution in [3.8, 4) is 0 Å². The minimum Gasteiger partial charge on any atom is -0.465 e. The van der Waals surface area contributed by atoms with Crippen LogP contribution in [0, 0.1) is 0 Å². The van der Waals surface area contributed by atoms with Crippen LogP contribution in [-0.2, 0) is 14.8 Å². The van der Waals surface area contributed by atoms with Gasteiger partial charge in [-0.05, 0) is 18.2 Å². The molecule has 1 spiro atoms. The molecule has 2 aliphatic rings. The van der Waals surface area contributed by atoms with Crippen LogP contribution in [0.15, 0.2) is 53.7 Å². The third-order valence-corrected chi connectivity index (χ3v) is 6.90. The maximum Gasteiger partial charge on any atom is 0.407 e. The number of carbonyl (C=O) groups is 2. The highest BCUT2D eigenvalue weighted by Crippen LogP contribution is 2.40. The van der Waals surface area contributed by atoms with E-state index in [1.54, 1.807) is 24.3 Å². The van der Waals surface area contributed by atoms with E-state index in [1.165, 1.54) is 24.5 Å². The van der Waals surface area contributed by atoms with E-state index in [2.05, 4.69) is 15.6 Å². The van der Waals surface area contributed by atoms with E-state index in [1.807, 2.05) is 0 Å². The van der Waals surface area contributed by atoms with Crippen LogP contribution in [0.5, 0.6) is 0 Å². The largest absolute Gasteiger partial charge is 0.465 e. The molecule has 3 aromatic rings. The van der Waals surface area contributed by atoms with Crippen LogP contribution in [0.2, 0.25) is 0 Å². The zero-order chi connectivity index (χ0) is 20.4. The van der Waals surface area contributed by atoms with E-state index in [0.29, 0.717) is 16.8 Å². The van der Waals surface area contributed by atoms with Gasteiger partial charge in [0.2, 0.25) is 0 Å². The van der Waals surface area contributed by atoms with Crippen LogP contribution in [0.25, 0.3) is 11.0 Å².